The Morgan fingerprint density at radius 2 is 2.22 bits per heavy atom. The average Bonchev–Trinajstić information content (AvgIpc) is 3.22. The van der Waals surface area contributed by atoms with Crippen molar-refractivity contribution in [2.45, 2.75) is 32.0 Å². The van der Waals surface area contributed by atoms with Crippen LogP contribution < -0.4 is 5.32 Å². The molecule has 0 saturated carbocycles. The first-order chi connectivity index (χ1) is 11.4. The number of nitrogens with zero attached hydrogens (tertiary/aromatic N) is 2. The Morgan fingerprint density at radius 3 is 3.09 bits per heavy atom. The number of piperidine rings is 1. The molecule has 2 aromatic heterocycles. The Kier molecular flexibility index (Phi) is 4.41. The van der Waals surface area contributed by atoms with Gasteiger partial charge in [0.25, 0.3) is 0 Å². The van der Waals surface area contributed by atoms with Crippen molar-refractivity contribution in [1.29, 1.82) is 0 Å². The highest BCUT2D eigenvalue weighted by molar-refractivity contribution is 7.09. The van der Waals surface area contributed by atoms with Crippen molar-refractivity contribution in [3.63, 3.8) is 0 Å². The molecule has 4 nitrogen and oxygen atoms in total. The standard InChI is InChI=1S/C18H22N4S/c1-2-8-17-16(7-1)20-18(21-17)11-19-14-5-3-9-22(12-14)13-15-6-4-10-23-15/h1-2,4,6-8,10,14,19H,3,5,9,11-13H2,(H,20,21). The largest absolute Gasteiger partial charge is 0.341 e. The van der Waals surface area contributed by atoms with Crippen molar-refractivity contribution >= 4 is 22.4 Å². The van der Waals surface area contributed by atoms with E-state index in [2.05, 4.69) is 49.8 Å². The number of thiophene rings is 1. The van der Waals surface area contributed by atoms with Crippen LogP contribution in [0.15, 0.2) is 41.8 Å². The maximum Gasteiger partial charge on any atom is 0.121 e. The molecular formula is C18H22N4S. The first-order valence-electron chi connectivity index (χ1n) is 8.28. The van der Waals surface area contributed by atoms with Crippen molar-refractivity contribution in [3.8, 4) is 0 Å². The number of hydrogen-bond acceptors (Lipinski definition) is 4. The van der Waals surface area contributed by atoms with Crippen LogP contribution in [0.3, 0.4) is 0 Å². The molecule has 5 heteroatoms. The summed E-state index contributed by atoms with van der Waals surface area (Å²) in [6.45, 7) is 4.23. The number of hydrogen-bond donors (Lipinski definition) is 2. The highest BCUT2D eigenvalue weighted by Gasteiger charge is 2.20. The van der Waals surface area contributed by atoms with Crippen molar-refractivity contribution < 1.29 is 0 Å². The summed E-state index contributed by atoms with van der Waals surface area (Å²) in [5, 5.41) is 5.84. The van der Waals surface area contributed by atoms with Crippen LogP contribution >= 0.6 is 11.3 Å². The Morgan fingerprint density at radius 1 is 1.26 bits per heavy atom. The molecule has 2 N–H and O–H groups in total. The van der Waals surface area contributed by atoms with Gasteiger partial charge in [-0.1, -0.05) is 18.2 Å². The zero-order chi connectivity index (χ0) is 15.5. The van der Waals surface area contributed by atoms with Crippen LogP contribution in [0.2, 0.25) is 0 Å². The second-order valence-electron chi connectivity index (χ2n) is 6.24. The third-order valence-corrected chi connectivity index (χ3v) is 5.32. The quantitative estimate of drug-likeness (QED) is 0.755. The molecule has 120 valence electrons. The van der Waals surface area contributed by atoms with Gasteiger partial charge in [-0.2, -0.15) is 0 Å². The van der Waals surface area contributed by atoms with Gasteiger partial charge in [0.2, 0.25) is 0 Å². The zero-order valence-electron chi connectivity index (χ0n) is 13.2. The van der Waals surface area contributed by atoms with Crippen LogP contribution in [0.25, 0.3) is 11.0 Å². The third-order valence-electron chi connectivity index (χ3n) is 4.46. The minimum Gasteiger partial charge on any atom is -0.341 e. The van der Waals surface area contributed by atoms with Crippen molar-refractivity contribution in [1.82, 2.24) is 20.2 Å². The van der Waals surface area contributed by atoms with Gasteiger partial charge in [0, 0.05) is 24.0 Å². The molecule has 1 aliphatic rings. The van der Waals surface area contributed by atoms with E-state index in [-0.39, 0.29) is 0 Å². The van der Waals surface area contributed by atoms with E-state index in [0.717, 1.165) is 36.5 Å². The van der Waals surface area contributed by atoms with Gasteiger partial charge in [-0.15, -0.1) is 11.3 Å². The predicted octanol–water partition coefficient (Wildman–Crippen LogP) is 3.38. The van der Waals surface area contributed by atoms with Crippen LogP contribution in [-0.2, 0) is 13.1 Å². The van der Waals surface area contributed by atoms with Crippen LogP contribution in [0.1, 0.15) is 23.5 Å². The van der Waals surface area contributed by atoms with Gasteiger partial charge in [0.15, 0.2) is 0 Å². The van der Waals surface area contributed by atoms with E-state index in [1.165, 1.54) is 24.3 Å². The van der Waals surface area contributed by atoms with Crippen LogP contribution in [0, 0.1) is 0 Å². The molecule has 0 radical (unpaired) electrons. The van der Waals surface area contributed by atoms with Crippen molar-refractivity contribution in [2.75, 3.05) is 13.1 Å². The maximum atomic E-state index is 4.65. The molecule has 3 heterocycles. The minimum atomic E-state index is 0.553. The number of likely N-dealkylation sites (tertiary alicyclic amines) is 1. The highest BCUT2D eigenvalue weighted by atomic mass is 32.1. The zero-order valence-corrected chi connectivity index (χ0v) is 14.0. The first-order valence-corrected chi connectivity index (χ1v) is 9.16. The lowest BCUT2D eigenvalue weighted by Gasteiger charge is -2.32. The molecule has 23 heavy (non-hydrogen) atoms. The lowest BCUT2D eigenvalue weighted by molar-refractivity contribution is 0.183. The number of imidazole rings is 1. The first kappa shape index (κ1) is 14.9. The molecule has 1 aromatic carbocycles. The Hall–Kier alpha value is -1.69. The van der Waals surface area contributed by atoms with E-state index in [9.17, 15) is 0 Å². The van der Waals surface area contributed by atoms with Crippen molar-refractivity contribution in [3.05, 3.63) is 52.5 Å². The molecule has 0 amide bonds. The molecule has 1 unspecified atom stereocenters. The number of aromatic nitrogens is 2. The van der Waals surface area contributed by atoms with E-state index >= 15 is 0 Å². The summed E-state index contributed by atoms with van der Waals surface area (Å²) in [5.74, 6) is 1.03. The van der Waals surface area contributed by atoms with Gasteiger partial charge < -0.3 is 10.3 Å². The fraction of sp³-hybridized carbons (Fsp3) is 0.389. The lowest BCUT2D eigenvalue weighted by Crippen LogP contribution is -2.45. The van der Waals surface area contributed by atoms with E-state index in [1.54, 1.807) is 0 Å². The normalized spacial score (nSPS) is 19.4. The molecule has 0 aliphatic carbocycles. The summed E-state index contributed by atoms with van der Waals surface area (Å²) < 4.78 is 0. The number of benzene rings is 1. The fourth-order valence-corrected chi connectivity index (χ4v) is 4.07. The van der Waals surface area contributed by atoms with Gasteiger partial charge in [-0.05, 0) is 43.0 Å². The fourth-order valence-electron chi connectivity index (χ4n) is 3.32. The van der Waals surface area contributed by atoms with Gasteiger partial charge in [-0.25, -0.2) is 4.98 Å². The second kappa shape index (κ2) is 6.83. The van der Waals surface area contributed by atoms with E-state index in [0.29, 0.717) is 6.04 Å². The predicted molar refractivity (Wildman–Crippen MR) is 95.6 cm³/mol. The molecule has 0 bridgehead atoms. The van der Waals surface area contributed by atoms with Gasteiger partial charge in [0.05, 0.1) is 17.6 Å². The summed E-state index contributed by atoms with van der Waals surface area (Å²) in [6.07, 6.45) is 2.52. The molecular weight excluding hydrogens is 304 g/mol. The lowest BCUT2D eigenvalue weighted by atomic mass is 10.1. The van der Waals surface area contributed by atoms with E-state index in [4.69, 9.17) is 0 Å². The van der Waals surface area contributed by atoms with E-state index < -0.39 is 0 Å². The van der Waals surface area contributed by atoms with Crippen LogP contribution in [0.5, 0.6) is 0 Å². The molecule has 1 atom stereocenters. The molecule has 1 aliphatic heterocycles. The number of nitrogens with one attached hydrogen (secondary N) is 2. The second-order valence-corrected chi connectivity index (χ2v) is 7.27. The Labute approximate surface area is 140 Å². The summed E-state index contributed by atoms with van der Waals surface area (Å²) in [7, 11) is 0. The monoisotopic (exact) mass is 326 g/mol. The Balaban J connectivity index is 1.33. The maximum absolute atomic E-state index is 4.65. The SMILES string of the molecule is c1csc(CN2CCCC(NCc3nc4ccccc4[nH]3)C2)c1. The van der Waals surface area contributed by atoms with Crippen LogP contribution in [0.4, 0.5) is 0 Å². The summed E-state index contributed by atoms with van der Waals surface area (Å²) in [5.41, 5.74) is 2.17. The number of H-pyrrole nitrogens is 1. The van der Waals surface area contributed by atoms with Crippen molar-refractivity contribution in [2.24, 2.45) is 0 Å². The summed E-state index contributed by atoms with van der Waals surface area (Å²) >= 11 is 1.85. The smallest absolute Gasteiger partial charge is 0.121 e. The number of aromatic amines is 1. The molecule has 0 spiro atoms. The Bertz CT molecular complexity index is 716. The third kappa shape index (κ3) is 3.63. The van der Waals surface area contributed by atoms with Crippen LogP contribution in [-0.4, -0.2) is 34.0 Å². The van der Waals surface area contributed by atoms with E-state index in [1.807, 2.05) is 23.5 Å². The van der Waals surface area contributed by atoms with Gasteiger partial charge >= 0.3 is 0 Å². The molecule has 1 fully saturated rings. The van der Waals surface area contributed by atoms with Gasteiger partial charge in [-0.3, -0.25) is 4.90 Å². The molecule has 4 rings (SSSR count). The molecule has 3 aromatic rings. The summed E-state index contributed by atoms with van der Waals surface area (Å²) in [4.78, 5) is 12.1. The highest BCUT2D eigenvalue weighted by Crippen LogP contribution is 2.17. The molecule has 1 saturated heterocycles. The van der Waals surface area contributed by atoms with Gasteiger partial charge in [0.1, 0.15) is 5.82 Å². The summed E-state index contributed by atoms with van der Waals surface area (Å²) in [6, 6.07) is 13.1. The minimum absolute atomic E-state index is 0.553. The average molecular weight is 326 g/mol. The number of fused-ring (bicyclic) bond motifs is 1. The number of rotatable bonds is 5. The topological polar surface area (TPSA) is 44.0 Å². The number of para-hydroxylation sites is 2.